The lowest BCUT2D eigenvalue weighted by atomic mass is 10.1. The quantitative estimate of drug-likeness (QED) is 0.779. The number of aryl methyl sites for hydroxylation is 1. The van der Waals surface area contributed by atoms with Crippen LogP contribution >= 0.6 is 7.60 Å². The molecule has 0 amide bonds. The van der Waals surface area contributed by atoms with Crippen molar-refractivity contribution >= 4 is 7.60 Å². The molecule has 0 saturated carbocycles. The highest BCUT2D eigenvalue weighted by Gasteiger charge is 2.33. The zero-order valence-corrected chi connectivity index (χ0v) is 11.8. The SMILES string of the molecule is CCOP(=O)(OCC)[C@@H](N)c1ccc(O)c(C)c1. The second-order valence-corrected chi connectivity index (χ2v) is 6.02. The number of phenols is 1. The maximum atomic E-state index is 12.5. The topological polar surface area (TPSA) is 81.8 Å². The average Bonchev–Trinajstić information content (AvgIpc) is 2.32. The fourth-order valence-electron chi connectivity index (χ4n) is 1.60. The smallest absolute Gasteiger partial charge is 0.351 e. The van der Waals surface area contributed by atoms with Crippen molar-refractivity contribution in [1.29, 1.82) is 0 Å². The van der Waals surface area contributed by atoms with Gasteiger partial charge in [0.15, 0.2) is 0 Å². The first-order valence-electron chi connectivity index (χ1n) is 5.88. The van der Waals surface area contributed by atoms with Gasteiger partial charge in [-0.05, 0) is 38.0 Å². The molecule has 0 unspecified atom stereocenters. The first-order chi connectivity index (χ1) is 8.44. The first kappa shape index (κ1) is 15.2. The fourth-order valence-corrected chi connectivity index (χ4v) is 3.24. The molecule has 5 nitrogen and oxygen atoms in total. The molecule has 0 aromatic heterocycles. The number of benzene rings is 1. The van der Waals surface area contributed by atoms with E-state index >= 15 is 0 Å². The summed E-state index contributed by atoms with van der Waals surface area (Å²) in [6.45, 7) is 5.75. The summed E-state index contributed by atoms with van der Waals surface area (Å²) in [6, 6.07) is 4.83. The number of hydrogen-bond acceptors (Lipinski definition) is 5. The molecule has 18 heavy (non-hydrogen) atoms. The highest BCUT2D eigenvalue weighted by atomic mass is 31.2. The lowest BCUT2D eigenvalue weighted by Crippen LogP contribution is -2.15. The standard InChI is InChI=1S/C12H20NO4P/c1-4-16-18(15,17-5-2)12(13)10-6-7-11(14)9(3)8-10/h6-8,12,14H,4-5,13H2,1-3H3/t12-/m1/s1. The van der Waals surface area contributed by atoms with Gasteiger partial charge >= 0.3 is 7.60 Å². The van der Waals surface area contributed by atoms with Gasteiger partial charge in [0.2, 0.25) is 0 Å². The van der Waals surface area contributed by atoms with Crippen LogP contribution in [0.3, 0.4) is 0 Å². The molecule has 1 rings (SSSR count). The number of aromatic hydroxyl groups is 1. The molecule has 1 aromatic rings. The lowest BCUT2D eigenvalue weighted by Gasteiger charge is -2.23. The van der Waals surface area contributed by atoms with Crippen LogP contribution in [0, 0.1) is 6.92 Å². The van der Waals surface area contributed by atoms with Gasteiger partial charge in [-0.2, -0.15) is 0 Å². The molecule has 102 valence electrons. The molecule has 0 aliphatic heterocycles. The molecular weight excluding hydrogens is 253 g/mol. The monoisotopic (exact) mass is 273 g/mol. The van der Waals surface area contributed by atoms with Crippen LogP contribution in [0.4, 0.5) is 0 Å². The van der Waals surface area contributed by atoms with E-state index in [-0.39, 0.29) is 19.0 Å². The van der Waals surface area contributed by atoms with Gasteiger partial charge < -0.3 is 19.9 Å². The van der Waals surface area contributed by atoms with Crippen molar-refractivity contribution in [2.75, 3.05) is 13.2 Å². The van der Waals surface area contributed by atoms with Crippen LogP contribution in [0.5, 0.6) is 5.75 Å². The highest BCUT2D eigenvalue weighted by molar-refractivity contribution is 7.54. The summed E-state index contributed by atoms with van der Waals surface area (Å²) in [7, 11) is -3.37. The number of phenolic OH excluding ortho intramolecular Hbond substituents is 1. The van der Waals surface area contributed by atoms with E-state index in [1.807, 2.05) is 0 Å². The van der Waals surface area contributed by atoms with Crippen LogP contribution in [-0.4, -0.2) is 18.3 Å². The van der Waals surface area contributed by atoms with Crippen LogP contribution in [0.25, 0.3) is 0 Å². The maximum absolute atomic E-state index is 12.5. The third kappa shape index (κ3) is 3.33. The molecule has 1 atom stereocenters. The Bertz CT molecular complexity index is 440. The predicted octanol–water partition coefficient (Wildman–Crippen LogP) is 2.92. The molecule has 0 heterocycles. The van der Waals surface area contributed by atoms with Crippen molar-refractivity contribution in [2.45, 2.75) is 26.6 Å². The molecule has 0 aliphatic rings. The van der Waals surface area contributed by atoms with Crippen molar-refractivity contribution < 1.29 is 18.7 Å². The summed E-state index contributed by atoms with van der Waals surface area (Å²) in [4.78, 5) is 0. The fraction of sp³-hybridized carbons (Fsp3) is 0.500. The lowest BCUT2D eigenvalue weighted by molar-refractivity contribution is 0.212. The average molecular weight is 273 g/mol. The minimum atomic E-state index is -3.37. The number of nitrogens with two attached hydrogens (primary N) is 1. The Hall–Kier alpha value is -0.870. The van der Waals surface area contributed by atoms with Crippen LogP contribution in [0.15, 0.2) is 18.2 Å². The Kier molecular flexibility index (Phi) is 5.35. The summed E-state index contributed by atoms with van der Waals surface area (Å²) in [6.07, 6.45) is 0. The summed E-state index contributed by atoms with van der Waals surface area (Å²) >= 11 is 0. The van der Waals surface area contributed by atoms with Gasteiger partial charge in [-0.25, -0.2) is 0 Å². The molecule has 0 spiro atoms. The maximum Gasteiger partial charge on any atom is 0.351 e. The third-order valence-corrected chi connectivity index (χ3v) is 4.74. The van der Waals surface area contributed by atoms with Crippen molar-refractivity contribution in [2.24, 2.45) is 5.73 Å². The molecular formula is C12H20NO4P. The summed E-state index contributed by atoms with van der Waals surface area (Å²) in [5.41, 5.74) is 7.26. The van der Waals surface area contributed by atoms with Gasteiger partial charge in [0.1, 0.15) is 11.5 Å². The van der Waals surface area contributed by atoms with E-state index in [9.17, 15) is 9.67 Å². The van der Waals surface area contributed by atoms with Gasteiger partial charge in [0, 0.05) is 0 Å². The van der Waals surface area contributed by atoms with E-state index in [1.165, 1.54) is 6.07 Å². The van der Waals surface area contributed by atoms with E-state index in [0.29, 0.717) is 11.1 Å². The minimum absolute atomic E-state index is 0.175. The second-order valence-electron chi connectivity index (χ2n) is 3.87. The molecule has 0 bridgehead atoms. The van der Waals surface area contributed by atoms with E-state index in [0.717, 1.165) is 0 Å². The third-order valence-electron chi connectivity index (χ3n) is 2.52. The zero-order valence-electron chi connectivity index (χ0n) is 10.9. The van der Waals surface area contributed by atoms with Gasteiger partial charge in [0.05, 0.1) is 13.2 Å². The molecule has 1 aromatic carbocycles. The number of hydrogen-bond donors (Lipinski definition) is 2. The highest BCUT2D eigenvalue weighted by Crippen LogP contribution is 2.58. The minimum Gasteiger partial charge on any atom is -0.508 e. The Morgan fingerprint density at radius 3 is 2.33 bits per heavy atom. The van der Waals surface area contributed by atoms with Gasteiger partial charge in [-0.15, -0.1) is 0 Å². The molecule has 3 N–H and O–H groups in total. The largest absolute Gasteiger partial charge is 0.508 e. The van der Waals surface area contributed by atoms with Crippen molar-refractivity contribution in [3.63, 3.8) is 0 Å². The van der Waals surface area contributed by atoms with E-state index < -0.39 is 13.4 Å². The van der Waals surface area contributed by atoms with Gasteiger partial charge in [0.25, 0.3) is 0 Å². The molecule has 0 radical (unpaired) electrons. The Labute approximate surface area is 107 Å². The number of rotatable bonds is 6. The molecule has 6 heteroatoms. The van der Waals surface area contributed by atoms with Gasteiger partial charge in [-0.1, -0.05) is 12.1 Å². The second kappa shape index (κ2) is 6.34. The predicted molar refractivity (Wildman–Crippen MR) is 70.6 cm³/mol. The van der Waals surface area contributed by atoms with Crippen molar-refractivity contribution in [3.05, 3.63) is 29.3 Å². The van der Waals surface area contributed by atoms with Crippen molar-refractivity contribution in [1.82, 2.24) is 0 Å². The van der Waals surface area contributed by atoms with Crippen LogP contribution in [0.2, 0.25) is 0 Å². The first-order valence-corrected chi connectivity index (χ1v) is 7.49. The molecule has 0 fully saturated rings. The summed E-state index contributed by atoms with van der Waals surface area (Å²) in [5.74, 6) is -0.676. The van der Waals surface area contributed by atoms with E-state index in [4.69, 9.17) is 14.8 Å². The Morgan fingerprint density at radius 1 is 1.33 bits per heavy atom. The van der Waals surface area contributed by atoms with Crippen LogP contribution in [0.1, 0.15) is 30.8 Å². The van der Waals surface area contributed by atoms with Crippen molar-refractivity contribution in [3.8, 4) is 5.75 Å². The van der Waals surface area contributed by atoms with Crippen LogP contribution < -0.4 is 5.73 Å². The van der Waals surface area contributed by atoms with Gasteiger partial charge in [-0.3, -0.25) is 4.57 Å². The molecule has 0 saturated heterocycles. The summed E-state index contributed by atoms with van der Waals surface area (Å²) < 4.78 is 22.9. The van der Waals surface area contributed by atoms with E-state index in [1.54, 1.807) is 32.9 Å². The Balaban J connectivity index is 3.05. The Morgan fingerprint density at radius 2 is 1.89 bits per heavy atom. The zero-order chi connectivity index (χ0) is 13.8. The summed E-state index contributed by atoms with van der Waals surface area (Å²) in [5, 5.41) is 9.46. The van der Waals surface area contributed by atoms with E-state index in [2.05, 4.69) is 0 Å². The normalized spacial score (nSPS) is 13.6. The molecule has 0 aliphatic carbocycles. The van der Waals surface area contributed by atoms with Crippen LogP contribution in [-0.2, 0) is 13.6 Å².